The number of nitrogens with zero attached hydrogens (tertiary/aromatic N) is 3. The monoisotopic (exact) mass is 161 g/mol. The summed E-state index contributed by atoms with van der Waals surface area (Å²) < 4.78 is 1.84. The first kappa shape index (κ1) is 8.29. The molecule has 0 aliphatic carbocycles. The third-order valence-corrected chi connectivity index (χ3v) is 1.67. The topological polar surface area (TPSA) is 67.2 Å². The van der Waals surface area contributed by atoms with Crippen LogP contribution < -0.4 is 4.57 Å². The van der Waals surface area contributed by atoms with Gasteiger partial charge in [0.2, 0.25) is 5.92 Å². The zero-order valence-corrected chi connectivity index (χ0v) is 6.78. The van der Waals surface area contributed by atoms with E-state index >= 15 is 0 Å². The second kappa shape index (κ2) is 3.54. The van der Waals surface area contributed by atoms with Gasteiger partial charge in [0.1, 0.15) is 12.4 Å². The summed E-state index contributed by atoms with van der Waals surface area (Å²) in [6, 6.07) is 3.83. The number of aromatic amines is 1. The van der Waals surface area contributed by atoms with Crippen LogP contribution in [0.3, 0.4) is 0 Å². The Balaban J connectivity index is 3.03. The van der Waals surface area contributed by atoms with Gasteiger partial charge in [-0.25, -0.2) is 9.55 Å². The first-order valence-corrected chi connectivity index (χ1v) is 3.69. The number of imidazole rings is 1. The lowest BCUT2D eigenvalue weighted by molar-refractivity contribution is -0.699. The Bertz CT molecular complexity index is 325. The van der Waals surface area contributed by atoms with Gasteiger partial charge in [-0.05, 0) is 6.92 Å². The number of aryl methyl sites for hydroxylation is 1. The van der Waals surface area contributed by atoms with E-state index in [0.29, 0.717) is 5.82 Å². The van der Waals surface area contributed by atoms with Gasteiger partial charge in [0.25, 0.3) is 5.82 Å². The number of nitriles is 2. The number of hydrogen-bond acceptors (Lipinski definition) is 2. The van der Waals surface area contributed by atoms with Crippen molar-refractivity contribution in [2.24, 2.45) is 0 Å². The van der Waals surface area contributed by atoms with E-state index in [1.165, 1.54) is 0 Å². The molecule has 0 saturated heterocycles. The van der Waals surface area contributed by atoms with Crippen molar-refractivity contribution in [3.05, 3.63) is 18.2 Å². The van der Waals surface area contributed by atoms with Crippen molar-refractivity contribution >= 4 is 0 Å². The largest absolute Gasteiger partial charge is 0.286 e. The van der Waals surface area contributed by atoms with Crippen LogP contribution in [0.25, 0.3) is 0 Å². The predicted molar refractivity (Wildman–Crippen MR) is 40.6 cm³/mol. The lowest BCUT2D eigenvalue weighted by Gasteiger charge is -1.94. The molecule has 4 heteroatoms. The van der Waals surface area contributed by atoms with Gasteiger partial charge < -0.3 is 0 Å². The van der Waals surface area contributed by atoms with E-state index in [-0.39, 0.29) is 0 Å². The van der Waals surface area contributed by atoms with Crippen molar-refractivity contribution in [1.29, 1.82) is 10.5 Å². The quantitative estimate of drug-likeness (QED) is 0.640. The van der Waals surface area contributed by atoms with Gasteiger partial charge in [0.15, 0.2) is 0 Å². The van der Waals surface area contributed by atoms with Crippen LogP contribution in [0.15, 0.2) is 12.4 Å². The fourth-order valence-electron chi connectivity index (χ4n) is 1.05. The molecule has 1 aromatic heterocycles. The van der Waals surface area contributed by atoms with Crippen molar-refractivity contribution in [3.8, 4) is 12.1 Å². The number of H-pyrrole nitrogens is 1. The van der Waals surface area contributed by atoms with Gasteiger partial charge in [-0.2, -0.15) is 10.5 Å². The maximum absolute atomic E-state index is 8.61. The molecule has 12 heavy (non-hydrogen) atoms. The molecule has 0 bridgehead atoms. The van der Waals surface area contributed by atoms with Gasteiger partial charge in [-0.15, -0.1) is 0 Å². The molecular formula is C8H9N4+. The minimum absolute atomic E-state index is 0.655. The van der Waals surface area contributed by atoms with Gasteiger partial charge in [0.05, 0.1) is 18.7 Å². The van der Waals surface area contributed by atoms with Crippen molar-refractivity contribution in [3.63, 3.8) is 0 Å². The molecule has 1 rings (SSSR count). The normalized spacial score (nSPS) is 9.33. The van der Waals surface area contributed by atoms with Crippen molar-refractivity contribution < 1.29 is 4.57 Å². The Morgan fingerprint density at radius 1 is 1.58 bits per heavy atom. The molecule has 60 valence electrons. The van der Waals surface area contributed by atoms with E-state index in [9.17, 15) is 0 Å². The minimum Gasteiger partial charge on any atom is -0.245 e. The summed E-state index contributed by atoms with van der Waals surface area (Å²) in [5.41, 5.74) is 0. The molecule has 1 N–H and O–H groups in total. The summed E-state index contributed by atoms with van der Waals surface area (Å²) in [6.07, 6.45) is 3.54. The van der Waals surface area contributed by atoms with Crippen LogP contribution in [0, 0.1) is 22.7 Å². The van der Waals surface area contributed by atoms with E-state index in [4.69, 9.17) is 10.5 Å². The fourth-order valence-corrected chi connectivity index (χ4v) is 1.05. The summed E-state index contributed by atoms with van der Waals surface area (Å²) >= 11 is 0. The number of aromatic nitrogens is 2. The molecule has 0 fully saturated rings. The first-order valence-electron chi connectivity index (χ1n) is 3.69. The van der Waals surface area contributed by atoms with Gasteiger partial charge in [-0.1, -0.05) is 0 Å². The lowest BCUT2D eigenvalue weighted by Crippen LogP contribution is -2.35. The van der Waals surface area contributed by atoms with E-state index < -0.39 is 5.92 Å². The minimum atomic E-state index is -0.694. The summed E-state index contributed by atoms with van der Waals surface area (Å²) in [7, 11) is 0. The molecular weight excluding hydrogens is 152 g/mol. The lowest BCUT2D eigenvalue weighted by atomic mass is 10.2. The molecule has 4 nitrogen and oxygen atoms in total. The van der Waals surface area contributed by atoms with Gasteiger partial charge in [-0.3, -0.25) is 0 Å². The molecule has 0 atom stereocenters. The Kier molecular flexibility index (Phi) is 2.45. The van der Waals surface area contributed by atoms with E-state index in [2.05, 4.69) is 4.98 Å². The number of nitrogens with one attached hydrogen (secondary N) is 1. The van der Waals surface area contributed by atoms with Crippen molar-refractivity contribution in [1.82, 2.24) is 4.98 Å². The Hall–Kier alpha value is -1.81. The van der Waals surface area contributed by atoms with E-state index in [1.807, 2.05) is 29.8 Å². The zero-order valence-electron chi connectivity index (χ0n) is 6.78. The smallest absolute Gasteiger partial charge is 0.245 e. The van der Waals surface area contributed by atoms with Crippen molar-refractivity contribution in [2.45, 2.75) is 19.4 Å². The Morgan fingerprint density at radius 2 is 2.25 bits per heavy atom. The Labute approximate surface area is 70.7 Å². The maximum atomic E-state index is 8.61. The maximum Gasteiger partial charge on any atom is 0.286 e. The predicted octanol–water partition coefficient (Wildman–Crippen LogP) is 0.453. The molecule has 0 spiro atoms. The SMILES string of the molecule is CC[n+]1cc[nH]c1C(C#N)C#N. The molecule has 0 saturated carbocycles. The molecule has 1 heterocycles. The highest BCUT2D eigenvalue weighted by molar-refractivity contribution is 5.15. The molecule has 0 aliphatic rings. The Morgan fingerprint density at radius 3 is 2.75 bits per heavy atom. The molecule has 0 radical (unpaired) electrons. The van der Waals surface area contributed by atoms with Crippen LogP contribution in [0.4, 0.5) is 0 Å². The van der Waals surface area contributed by atoms with Gasteiger partial charge >= 0.3 is 0 Å². The summed E-state index contributed by atoms with van der Waals surface area (Å²) in [5.74, 6) is -0.0394. The van der Waals surface area contributed by atoms with Crippen molar-refractivity contribution in [2.75, 3.05) is 0 Å². The van der Waals surface area contributed by atoms with Crippen LogP contribution in [-0.2, 0) is 6.54 Å². The highest BCUT2D eigenvalue weighted by Gasteiger charge is 2.20. The third-order valence-electron chi connectivity index (χ3n) is 1.67. The highest BCUT2D eigenvalue weighted by Crippen LogP contribution is 2.05. The van der Waals surface area contributed by atoms with Crippen LogP contribution >= 0.6 is 0 Å². The zero-order chi connectivity index (χ0) is 8.97. The summed E-state index contributed by atoms with van der Waals surface area (Å²) in [5, 5.41) is 17.2. The first-order chi connectivity index (χ1) is 5.83. The van der Waals surface area contributed by atoms with E-state index in [1.54, 1.807) is 6.20 Å². The fraction of sp³-hybridized carbons (Fsp3) is 0.375. The standard InChI is InChI=1S/C8H8N4/c1-2-12-4-3-11-8(12)7(5-9)6-10/h3-4,7H,2H2,1H3/p+1. The van der Waals surface area contributed by atoms with Crippen LogP contribution in [-0.4, -0.2) is 4.98 Å². The highest BCUT2D eigenvalue weighted by atomic mass is 15.1. The van der Waals surface area contributed by atoms with Gasteiger partial charge in [0, 0.05) is 0 Å². The average molecular weight is 161 g/mol. The van der Waals surface area contributed by atoms with Crippen LogP contribution in [0.1, 0.15) is 18.7 Å². The second-order valence-electron chi connectivity index (χ2n) is 2.32. The third kappa shape index (κ3) is 1.28. The molecule has 0 aliphatic heterocycles. The van der Waals surface area contributed by atoms with E-state index in [0.717, 1.165) is 6.54 Å². The van der Waals surface area contributed by atoms with Crippen LogP contribution in [0.5, 0.6) is 0 Å². The molecule has 0 aromatic carbocycles. The molecule has 0 amide bonds. The summed E-state index contributed by atoms with van der Waals surface area (Å²) in [6.45, 7) is 2.72. The summed E-state index contributed by atoms with van der Waals surface area (Å²) in [4.78, 5) is 2.88. The molecule has 1 aromatic rings. The molecule has 0 unspecified atom stereocenters. The van der Waals surface area contributed by atoms with Crippen LogP contribution in [0.2, 0.25) is 0 Å². The number of rotatable bonds is 2. The second-order valence-corrected chi connectivity index (χ2v) is 2.32. The number of hydrogen-bond donors (Lipinski definition) is 1. The average Bonchev–Trinajstić information content (AvgIpc) is 2.55.